The van der Waals surface area contributed by atoms with E-state index in [0.717, 1.165) is 41.0 Å². The number of rotatable bonds is 7. The average Bonchev–Trinajstić information content (AvgIpc) is 3.11. The van der Waals surface area contributed by atoms with Crippen LogP contribution in [0.3, 0.4) is 0 Å². The Hall–Kier alpha value is -2.79. The molecule has 158 valence electrons. The number of fused-ring (bicyclic) bond motifs is 1. The fourth-order valence-corrected chi connectivity index (χ4v) is 4.53. The summed E-state index contributed by atoms with van der Waals surface area (Å²) in [4.78, 5) is 16.9. The lowest BCUT2D eigenvalue weighted by atomic mass is 9.90. The molecule has 1 aliphatic heterocycles. The van der Waals surface area contributed by atoms with E-state index in [1.54, 1.807) is 0 Å². The highest BCUT2D eigenvalue weighted by Crippen LogP contribution is 2.24. The number of H-pyrrole nitrogens is 1. The van der Waals surface area contributed by atoms with Crippen molar-refractivity contribution in [2.24, 2.45) is 5.92 Å². The lowest BCUT2D eigenvalue weighted by Crippen LogP contribution is -2.35. The minimum atomic E-state index is -0.0238. The van der Waals surface area contributed by atoms with E-state index in [1.807, 2.05) is 18.3 Å². The normalized spacial score (nSPS) is 15.5. The van der Waals surface area contributed by atoms with Gasteiger partial charge in [0.1, 0.15) is 0 Å². The predicted octanol–water partition coefficient (Wildman–Crippen LogP) is 4.60. The van der Waals surface area contributed by atoms with Crippen LogP contribution in [0.15, 0.2) is 48.7 Å². The number of anilines is 2. The van der Waals surface area contributed by atoms with E-state index in [2.05, 4.69) is 45.5 Å². The highest BCUT2D eigenvalue weighted by Gasteiger charge is 2.19. The largest absolute Gasteiger partial charge is 0.397 e. The van der Waals surface area contributed by atoms with E-state index in [9.17, 15) is 4.79 Å². The molecule has 2 aromatic carbocycles. The summed E-state index contributed by atoms with van der Waals surface area (Å²) in [5.41, 5.74) is 11.6. The number of aromatic nitrogens is 1. The van der Waals surface area contributed by atoms with Crippen molar-refractivity contribution in [3.63, 3.8) is 0 Å². The van der Waals surface area contributed by atoms with Crippen LogP contribution < -0.4 is 11.1 Å². The third kappa shape index (κ3) is 5.22. The highest BCUT2D eigenvalue weighted by molar-refractivity contribution is 5.91. The number of carbonyl (C=O) groups is 1. The number of aromatic amines is 1. The van der Waals surface area contributed by atoms with Gasteiger partial charge >= 0.3 is 0 Å². The molecule has 1 fully saturated rings. The van der Waals surface area contributed by atoms with E-state index >= 15 is 0 Å². The molecule has 3 aromatic rings. The second kappa shape index (κ2) is 9.35. The smallest absolute Gasteiger partial charge is 0.221 e. The van der Waals surface area contributed by atoms with Gasteiger partial charge in [-0.1, -0.05) is 18.2 Å². The molecule has 5 nitrogen and oxygen atoms in total. The Labute approximate surface area is 178 Å². The van der Waals surface area contributed by atoms with E-state index < -0.39 is 0 Å². The number of nitrogens with one attached hydrogen (secondary N) is 2. The molecule has 0 bridgehead atoms. The number of carbonyl (C=O) groups excluding carboxylic acids is 1. The van der Waals surface area contributed by atoms with Crippen LogP contribution in [0.1, 0.15) is 37.3 Å². The Kier molecular flexibility index (Phi) is 6.38. The van der Waals surface area contributed by atoms with Crippen molar-refractivity contribution in [1.82, 2.24) is 9.88 Å². The van der Waals surface area contributed by atoms with Gasteiger partial charge in [0.15, 0.2) is 0 Å². The Bertz CT molecular complexity index is 984. The molecule has 0 spiro atoms. The van der Waals surface area contributed by atoms with Gasteiger partial charge in [0, 0.05) is 29.7 Å². The minimum absolute atomic E-state index is 0.0238. The molecule has 1 aromatic heterocycles. The maximum atomic E-state index is 11.1. The number of nitrogens with two attached hydrogens (primary N) is 1. The molecule has 0 saturated carbocycles. The van der Waals surface area contributed by atoms with Crippen molar-refractivity contribution in [2.45, 2.75) is 39.0 Å². The van der Waals surface area contributed by atoms with Gasteiger partial charge in [-0.25, -0.2) is 0 Å². The Morgan fingerprint density at radius 1 is 1.13 bits per heavy atom. The number of piperidine rings is 1. The van der Waals surface area contributed by atoms with Crippen molar-refractivity contribution in [3.05, 3.63) is 59.8 Å². The number of nitrogen functional groups attached to an aromatic ring is 1. The minimum Gasteiger partial charge on any atom is -0.397 e. The zero-order valence-electron chi connectivity index (χ0n) is 17.8. The summed E-state index contributed by atoms with van der Waals surface area (Å²) < 4.78 is 0. The number of amides is 1. The van der Waals surface area contributed by atoms with E-state index in [1.165, 1.54) is 56.9 Å². The van der Waals surface area contributed by atoms with Crippen LogP contribution in [0.2, 0.25) is 0 Å². The van der Waals surface area contributed by atoms with Gasteiger partial charge in [-0.2, -0.15) is 0 Å². The van der Waals surface area contributed by atoms with Crippen molar-refractivity contribution < 1.29 is 4.79 Å². The van der Waals surface area contributed by atoms with E-state index in [4.69, 9.17) is 5.73 Å². The Morgan fingerprint density at radius 2 is 1.87 bits per heavy atom. The summed E-state index contributed by atoms with van der Waals surface area (Å²) in [6.07, 6.45) is 7.81. The predicted molar refractivity (Wildman–Crippen MR) is 125 cm³/mol. The third-order valence-electron chi connectivity index (χ3n) is 6.22. The summed E-state index contributed by atoms with van der Waals surface area (Å²) >= 11 is 0. The van der Waals surface area contributed by atoms with Gasteiger partial charge in [-0.15, -0.1) is 0 Å². The second-order valence-electron chi connectivity index (χ2n) is 8.59. The quantitative estimate of drug-likeness (QED) is 0.539. The molecule has 0 aliphatic carbocycles. The zero-order chi connectivity index (χ0) is 20.9. The van der Waals surface area contributed by atoms with E-state index in [-0.39, 0.29) is 5.91 Å². The molecule has 0 unspecified atom stereocenters. The maximum Gasteiger partial charge on any atom is 0.221 e. The van der Waals surface area contributed by atoms with Gasteiger partial charge in [-0.05, 0) is 93.0 Å². The number of aryl methyl sites for hydroxylation is 1. The molecule has 5 heteroatoms. The molecular formula is C25H32N4O. The number of hydrogen-bond donors (Lipinski definition) is 3. The van der Waals surface area contributed by atoms with Crippen LogP contribution >= 0.6 is 0 Å². The van der Waals surface area contributed by atoms with Gasteiger partial charge in [0.25, 0.3) is 0 Å². The molecule has 30 heavy (non-hydrogen) atoms. The molecular weight excluding hydrogens is 372 g/mol. The highest BCUT2D eigenvalue weighted by atomic mass is 16.1. The molecule has 2 heterocycles. The number of likely N-dealkylation sites (tertiary alicyclic amines) is 1. The van der Waals surface area contributed by atoms with Crippen LogP contribution in [-0.2, 0) is 17.6 Å². The van der Waals surface area contributed by atoms with Crippen molar-refractivity contribution in [2.75, 3.05) is 30.7 Å². The summed E-state index contributed by atoms with van der Waals surface area (Å²) in [6.45, 7) is 5.09. The first-order valence-electron chi connectivity index (χ1n) is 11.0. The lowest BCUT2D eigenvalue weighted by molar-refractivity contribution is -0.114. The van der Waals surface area contributed by atoms with Crippen LogP contribution in [0, 0.1) is 5.92 Å². The van der Waals surface area contributed by atoms with E-state index in [0.29, 0.717) is 0 Å². The van der Waals surface area contributed by atoms with Crippen molar-refractivity contribution in [1.29, 1.82) is 0 Å². The lowest BCUT2D eigenvalue weighted by Gasteiger charge is -2.32. The summed E-state index contributed by atoms with van der Waals surface area (Å²) in [6, 6.07) is 14.9. The summed E-state index contributed by atoms with van der Waals surface area (Å²) in [5.74, 6) is 0.733. The fourth-order valence-electron chi connectivity index (χ4n) is 4.53. The first-order valence-corrected chi connectivity index (χ1v) is 11.0. The van der Waals surface area contributed by atoms with Crippen LogP contribution in [0.4, 0.5) is 11.4 Å². The fraction of sp³-hybridized carbons (Fsp3) is 0.400. The van der Waals surface area contributed by atoms with Crippen LogP contribution in [0.25, 0.3) is 10.9 Å². The SMILES string of the molecule is CC(=O)Nc1ccc(CC2CCN(CCCc3ccc4[nH]cc(N)c4c3)CC2)cc1. The van der Waals surface area contributed by atoms with Gasteiger partial charge in [0.05, 0.1) is 5.69 Å². The number of nitrogens with zero attached hydrogens (tertiary/aromatic N) is 1. The topological polar surface area (TPSA) is 74.2 Å². The third-order valence-corrected chi connectivity index (χ3v) is 6.22. The Morgan fingerprint density at radius 3 is 2.60 bits per heavy atom. The number of benzene rings is 2. The standard InChI is InChI=1S/C25H32N4O/c1-18(30)28-22-7-4-20(5-8-22)15-21-10-13-29(14-11-21)12-2-3-19-6-9-25-23(16-19)24(26)17-27-25/h4-9,16-17,21,27H,2-3,10-15,26H2,1H3,(H,28,30). The van der Waals surface area contributed by atoms with Crippen LogP contribution in [-0.4, -0.2) is 35.4 Å². The molecule has 4 N–H and O–H groups in total. The number of hydrogen-bond acceptors (Lipinski definition) is 3. The summed E-state index contributed by atoms with van der Waals surface area (Å²) in [5, 5.41) is 3.97. The first kappa shape index (κ1) is 20.5. The van der Waals surface area contributed by atoms with Gasteiger partial charge in [0.2, 0.25) is 5.91 Å². The van der Waals surface area contributed by atoms with Crippen LogP contribution in [0.5, 0.6) is 0 Å². The molecule has 4 rings (SSSR count). The second-order valence-corrected chi connectivity index (χ2v) is 8.59. The van der Waals surface area contributed by atoms with Gasteiger partial charge < -0.3 is 20.9 Å². The molecule has 1 aliphatic rings. The van der Waals surface area contributed by atoms with Crippen molar-refractivity contribution in [3.8, 4) is 0 Å². The maximum absolute atomic E-state index is 11.1. The van der Waals surface area contributed by atoms with Crippen molar-refractivity contribution >= 4 is 28.2 Å². The zero-order valence-corrected chi connectivity index (χ0v) is 17.8. The van der Waals surface area contributed by atoms with Gasteiger partial charge in [-0.3, -0.25) is 4.79 Å². The Balaban J connectivity index is 1.19. The molecule has 1 saturated heterocycles. The molecule has 1 amide bonds. The summed E-state index contributed by atoms with van der Waals surface area (Å²) in [7, 11) is 0. The molecule has 0 atom stereocenters. The molecule has 0 radical (unpaired) electrons. The monoisotopic (exact) mass is 404 g/mol. The first-order chi connectivity index (χ1) is 14.6. The average molecular weight is 405 g/mol.